The molecule has 7 nitrogen and oxygen atoms in total. The van der Waals surface area contributed by atoms with Gasteiger partial charge in [-0.3, -0.25) is 13.9 Å². The fourth-order valence-corrected chi connectivity index (χ4v) is 4.98. The van der Waals surface area contributed by atoms with E-state index in [4.69, 9.17) is 11.6 Å². The SMILES string of the molecule is C[C@H](C(=O)Nc1ccccc1C(=O)N1CCCCC1)N(c1ccc(Cl)cc1)S(C)(=O)=O. The van der Waals surface area contributed by atoms with E-state index in [0.717, 1.165) is 29.8 Å². The van der Waals surface area contributed by atoms with Crippen molar-refractivity contribution in [2.75, 3.05) is 29.0 Å². The molecule has 0 aliphatic carbocycles. The molecule has 1 atom stereocenters. The van der Waals surface area contributed by atoms with Gasteiger partial charge in [0.1, 0.15) is 6.04 Å². The Morgan fingerprint density at radius 1 is 1.03 bits per heavy atom. The quantitative estimate of drug-likeness (QED) is 0.706. The first-order valence-electron chi connectivity index (χ1n) is 10.1. The van der Waals surface area contributed by atoms with Crippen LogP contribution >= 0.6 is 11.6 Å². The highest BCUT2D eigenvalue weighted by Crippen LogP contribution is 2.25. The van der Waals surface area contributed by atoms with Crippen molar-refractivity contribution >= 4 is 44.8 Å². The molecule has 166 valence electrons. The van der Waals surface area contributed by atoms with Gasteiger partial charge in [0.05, 0.1) is 23.2 Å². The largest absolute Gasteiger partial charge is 0.339 e. The number of sulfonamides is 1. The van der Waals surface area contributed by atoms with Gasteiger partial charge < -0.3 is 10.2 Å². The van der Waals surface area contributed by atoms with Crippen LogP contribution in [-0.4, -0.2) is 50.5 Å². The van der Waals surface area contributed by atoms with Crippen molar-refractivity contribution < 1.29 is 18.0 Å². The number of carbonyl (C=O) groups is 2. The fourth-order valence-electron chi connectivity index (χ4n) is 3.68. The zero-order chi connectivity index (χ0) is 22.6. The number of nitrogens with one attached hydrogen (secondary N) is 1. The first-order chi connectivity index (χ1) is 14.7. The van der Waals surface area contributed by atoms with Crippen molar-refractivity contribution in [1.29, 1.82) is 0 Å². The molecule has 1 fully saturated rings. The summed E-state index contributed by atoms with van der Waals surface area (Å²) >= 11 is 5.91. The number of carbonyl (C=O) groups excluding carboxylic acids is 2. The van der Waals surface area contributed by atoms with Crippen LogP contribution in [0.1, 0.15) is 36.5 Å². The van der Waals surface area contributed by atoms with E-state index in [2.05, 4.69) is 5.32 Å². The third kappa shape index (κ3) is 5.57. The molecule has 1 heterocycles. The Morgan fingerprint density at radius 3 is 2.26 bits per heavy atom. The predicted molar refractivity (Wildman–Crippen MR) is 123 cm³/mol. The number of halogens is 1. The highest BCUT2D eigenvalue weighted by Gasteiger charge is 2.30. The third-order valence-electron chi connectivity index (χ3n) is 5.23. The molecule has 3 rings (SSSR count). The van der Waals surface area contributed by atoms with Crippen LogP contribution < -0.4 is 9.62 Å². The van der Waals surface area contributed by atoms with Crippen molar-refractivity contribution in [3.63, 3.8) is 0 Å². The van der Waals surface area contributed by atoms with Crippen LogP contribution in [0.2, 0.25) is 5.02 Å². The van der Waals surface area contributed by atoms with Crippen molar-refractivity contribution in [1.82, 2.24) is 4.90 Å². The molecule has 1 N–H and O–H groups in total. The highest BCUT2D eigenvalue weighted by molar-refractivity contribution is 7.92. The van der Waals surface area contributed by atoms with Crippen LogP contribution in [0.3, 0.4) is 0 Å². The minimum Gasteiger partial charge on any atom is -0.339 e. The summed E-state index contributed by atoms with van der Waals surface area (Å²) < 4.78 is 25.9. The summed E-state index contributed by atoms with van der Waals surface area (Å²) in [5, 5.41) is 3.20. The predicted octanol–water partition coefficient (Wildman–Crippen LogP) is 3.76. The van der Waals surface area contributed by atoms with Crippen molar-refractivity contribution in [2.24, 2.45) is 0 Å². The van der Waals surface area contributed by atoms with Gasteiger partial charge in [-0.05, 0) is 62.6 Å². The van der Waals surface area contributed by atoms with Crippen LogP contribution in [0.5, 0.6) is 0 Å². The Morgan fingerprint density at radius 2 is 1.65 bits per heavy atom. The summed E-state index contributed by atoms with van der Waals surface area (Å²) in [7, 11) is -3.76. The highest BCUT2D eigenvalue weighted by atomic mass is 35.5. The molecular formula is C22H26ClN3O4S. The number of amides is 2. The van der Waals surface area contributed by atoms with E-state index >= 15 is 0 Å². The standard InChI is InChI=1S/C22H26ClN3O4S/c1-16(26(31(2,29)30)18-12-10-17(23)11-13-18)21(27)24-20-9-5-4-8-19(20)22(28)25-14-6-3-7-15-25/h4-5,8-13,16H,3,6-7,14-15H2,1-2H3,(H,24,27)/t16-/m1/s1. The topological polar surface area (TPSA) is 86.8 Å². The maximum absolute atomic E-state index is 13.0. The Bertz CT molecular complexity index is 1050. The van der Waals surface area contributed by atoms with E-state index in [-0.39, 0.29) is 5.91 Å². The number of rotatable bonds is 6. The molecule has 0 aromatic heterocycles. The van der Waals surface area contributed by atoms with Crippen LogP contribution in [0.4, 0.5) is 11.4 Å². The lowest BCUT2D eigenvalue weighted by Crippen LogP contribution is -2.45. The number of likely N-dealkylation sites (tertiary alicyclic amines) is 1. The molecule has 0 bridgehead atoms. The second-order valence-corrected chi connectivity index (χ2v) is 9.89. The molecule has 2 aromatic rings. The minimum atomic E-state index is -3.76. The van der Waals surface area contributed by atoms with Gasteiger partial charge in [0.2, 0.25) is 15.9 Å². The molecule has 1 aliphatic heterocycles. The van der Waals surface area contributed by atoms with Gasteiger partial charge in [-0.1, -0.05) is 23.7 Å². The molecular weight excluding hydrogens is 438 g/mol. The first-order valence-corrected chi connectivity index (χ1v) is 12.4. The average molecular weight is 464 g/mol. The third-order valence-corrected chi connectivity index (χ3v) is 6.72. The van der Waals surface area contributed by atoms with Crippen molar-refractivity contribution in [3.8, 4) is 0 Å². The van der Waals surface area contributed by atoms with E-state index in [0.29, 0.717) is 35.1 Å². The molecule has 2 amide bonds. The first kappa shape index (κ1) is 23.1. The minimum absolute atomic E-state index is 0.138. The van der Waals surface area contributed by atoms with E-state index in [1.807, 2.05) is 0 Å². The number of piperidine rings is 1. The number of anilines is 2. The zero-order valence-electron chi connectivity index (χ0n) is 17.5. The van der Waals surface area contributed by atoms with E-state index < -0.39 is 22.0 Å². The number of para-hydroxylation sites is 1. The van der Waals surface area contributed by atoms with Gasteiger partial charge in [0.15, 0.2) is 0 Å². The molecule has 0 radical (unpaired) electrons. The summed E-state index contributed by atoms with van der Waals surface area (Å²) in [6, 6.07) is 11.9. The Balaban J connectivity index is 1.84. The second-order valence-electron chi connectivity index (χ2n) is 7.60. The number of hydrogen-bond donors (Lipinski definition) is 1. The Labute approximate surface area is 188 Å². The van der Waals surface area contributed by atoms with Gasteiger partial charge in [-0.25, -0.2) is 8.42 Å². The summed E-state index contributed by atoms with van der Waals surface area (Å²) in [6.07, 6.45) is 4.06. The molecule has 0 spiro atoms. The number of benzene rings is 2. The maximum atomic E-state index is 13.0. The van der Waals surface area contributed by atoms with E-state index in [1.165, 1.54) is 6.92 Å². The van der Waals surface area contributed by atoms with Crippen molar-refractivity contribution in [2.45, 2.75) is 32.2 Å². The van der Waals surface area contributed by atoms with Crippen LogP contribution in [0.25, 0.3) is 0 Å². The van der Waals surface area contributed by atoms with Crippen LogP contribution in [0.15, 0.2) is 48.5 Å². The van der Waals surface area contributed by atoms with E-state index in [1.54, 1.807) is 53.4 Å². The lowest BCUT2D eigenvalue weighted by molar-refractivity contribution is -0.116. The molecule has 0 saturated carbocycles. The fraction of sp³-hybridized carbons (Fsp3) is 0.364. The van der Waals surface area contributed by atoms with Crippen molar-refractivity contribution in [3.05, 3.63) is 59.1 Å². The molecule has 2 aromatic carbocycles. The summed E-state index contributed by atoms with van der Waals surface area (Å²) in [5.74, 6) is -0.680. The van der Waals surface area contributed by atoms with E-state index in [9.17, 15) is 18.0 Å². The summed E-state index contributed by atoms with van der Waals surface area (Å²) in [4.78, 5) is 27.8. The van der Waals surface area contributed by atoms with Gasteiger partial charge >= 0.3 is 0 Å². The van der Waals surface area contributed by atoms with Crippen LogP contribution in [0, 0.1) is 0 Å². The lowest BCUT2D eigenvalue weighted by atomic mass is 10.1. The normalized spacial score (nSPS) is 15.3. The molecule has 1 saturated heterocycles. The van der Waals surface area contributed by atoms with Gasteiger partial charge in [-0.2, -0.15) is 0 Å². The Kier molecular flexibility index (Phi) is 7.23. The van der Waals surface area contributed by atoms with Gasteiger partial charge in [0.25, 0.3) is 5.91 Å². The van der Waals surface area contributed by atoms with Gasteiger partial charge in [0, 0.05) is 18.1 Å². The number of nitrogens with zero attached hydrogens (tertiary/aromatic N) is 2. The smallest absolute Gasteiger partial charge is 0.255 e. The summed E-state index contributed by atoms with van der Waals surface area (Å²) in [6.45, 7) is 2.88. The monoisotopic (exact) mass is 463 g/mol. The second kappa shape index (κ2) is 9.70. The molecule has 31 heavy (non-hydrogen) atoms. The average Bonchev–Trinajstić information content (AvgIpc) is 2.75. The molecule has 9 heteroatoms. The maximum Gasteiger partial charge on any atom is 0.255 e. The number of hydrogen-bond acceptors (Lipinski definition) is 4. The molecule has 0 unspecified atom stereocenters. The van der Waals surface area contributed by atoms with Crippen LogP contribution in [-0.2, 0) is 14.8 Å². The lowest BCUT2D eigenvalue weighted by Gasteiger charge is -2.29. The molecule has 1 aliphatic rings. The van der Waals surface area contributed by atoms with Gasteiger partial charge in [-0.15, -0.1) is 0 Å². The summed E-state index contributed by atoms with van der Waals surface area (Å²) in [5.41, 5.74) is 1.08. The zero-order valence-corrected chi connectivity index (χ0v) is 19.1. The Hall–Kier alpha value is -2.58.